The van der Waals surface area contributed by atoms with E-state index in [1.165, 1.54) is 4.90 Å². The Morgan fingerprint density at radius 2 is 1.64 bits per heavy atom. The SMILES string of the molecule is CCCOc1ccc(C(=O)N2CCN(S(=O)(=O)c3ccc(F)c(F)c3F)CC2)cc1OCC. The average Bonchev–Trinajstić information content (AvgIpc) is 2.81. The van der Waals surface area contributed by atoms with E-state index < -0.39 is 32.4 Å². The first-order valence-electron chi connectivity index (χ1n) is 10.5. The van der Waals surface area contributed by atoms with Crippen molar-refractivity contribution >= 4 is 15.9 Å². The first kappa shape index (κ1) is 24.8. The van der Waals surface area contributed by atoms with Gasteiger partial charge in [0.25, 0.3) is 5.91 Å². The number of piperazine rings is 1. The molecule has 0 spiro atoms. The van der Waals surface area contributed by atoms with E-state index in [9.17, 15) is 26.4 Å². The van der Waals surface area contributed by atoms with E-state index in [0.29, 0.717) is 42.4 Å². The number of ether oxygens (including phenoxy) is 2. The van der Waals surface area contributed by atoms with Crippen LogP contribution < -0.4 is 9.47 Å². The van der Waals surface area contributed by atoms with E-state index in [1.807, 2.05) is 13.8 Å². The second kappa shape index (κ2) is 10.4. The van der Waals surface area contributed by atoms with Gasteiger partial charge in [-0.15, -0.1) is 0 Å². The van der Waals surface area contributed by atoms with Crippen molar-refractivity contribution in [1.29, 1.82) is 0 Å². The van der Waals surface area contributed by atoms with Crippen molar-refractivity contribution in [2.75, 3.05) is 39.4 Å². The van der Waals surface area contributed by atoms with Crippen molar-refractivity contribution in [1.82, 2.24) is 9.21 Å². The maximum Gasteiger partial charge on any atom is 0.254 e. The van der Waals surface area contributed by atoms with Gasteiger partial charge in [-0.25, -0.2) is 21.6 Å². The molecule has 1 amide bonds. The number of sulfonamides is 1. The monoisotopic (exact) mass is 486 g/mol. The van der Waals surface area contributed by atoms with Crippen LogP contribution in [0.4, 0.5) is 13.2 Å². The topological polar surface area (TPSA) is 76.2 Å². The van der Waals surface area contributed by atoms with Crippen molar-refractivity contribution in [3.8, 4) is 11.5 Å². The number of nitrogens with zero attached hydrogens (tertiary/aromatic N) is 2. The summed E-state index contributed by atoms with van der Waals surface area (Å²) >= 11 is 0. The molecule has 1 aliphatic rings. The Hall–Kier alpha value is -2.79. The van der Waals surface area contributed by atoms with Gasteiger partial charge in [0.05, 0.1) is 13.2 Å². The number of hydrogen-bond donors (Lipinski definition) is 0. The van der Waals surface area contributed by atoms with Gasteiger partial charge in [-0.3, -0.25) is 4.79 Å². The van der Waals surface area contributed by atoms with Gasteiger partial charge >= 0.3 is 0 Å². The summed E-state index contributed by atoms with van der Waals surface area (Å²) in [5.41, 5.74) is 0.352. The van der Waals surface area contributed by atoms with E-state index in [-0.39, 0.29) is 32.1 Å². The van der Waals surface area contributed by atoms with Crippen LogP contribution in [0.3, 0.4) is 0 Å². The first-order valence-corrected chi connectivity index (χ1v) is 12.0. The summed E-state index contributed by atoms with van der Waals surface area (Å²) in [6, 6.07) is 6.10. The minimum absolute atomic E-state index is 0.0431. The molecule has 0 atom stereocenters. The van der Waals surface area contributed by atoms with Gasteiger partial charge in [0.2, 0.25) is 10.0 Å². The third-order valence-electron chi connectivity index (χ3n) is 5.10. The summed E-state index contributed by atoms with van der Waals surface area (Å²) in [6.07, 6.45) is 0.813. The van der Waals surface area contributed by atoms with E-state index >= 15 is 0 Å². The van der Waals surface area contributed by atoms with Gasteiger partial charge in [-0.2, -0.15) is 4.31 Å². The van der Waals surface area contributed by atoms with Crippen molar-refractivity contribution in [3.63, 3.8) is 0 Å². The lowest BCUT2D eigenvalue weighted by atomic mass is 10.1. The fourth-order valence-corrected chi connectivity index (χ4v) is 4.88. The van der Waals surface area contributed by atoms with Crippen LogP contribution in [0.5, 0.6) is 11.5 Å². The number of hydrogen-bond acceptors (Lipinski definition) is 5. The Kier molecular flexibility index (Phi) is 7.85. The molecule has 1 aliphatic heterocycles. The number of amides is 1. The largest absolute Gasteiger partial charge is 0.490 e. The molecule has 7 nitrogen and oxygen atoms in total. The summed E-state index contributed by atoms with van der Waals surface area (Å²) in [5, 5.41) is 0. The zero-order valence-electron chi connectivity index (χ0n) is 18.3. The molecule has 1 saturated heterocycles. The molecule has 0 radical (unpaired) electrons. The lowest BCUT2D eigenvalue weighted by molar-refractivity contribution is 0.0697. The molecule has 0 aliphatic carbocycles. The number of rotatable bonds is 8. The van der Waals surface area contributed by atoms with Crippen LogP contribution in [0.2, 0.25) is 0 Å². The lowest BCUT2D eigenvalue weighted by Gasteiger charge is -2.34. The molecule has 0 unspecified atom stereocenters. The smallest absolute Gasteiger partial charge is 0.254 e. The van der Waals surface area contributed by atoms with E-state index in [0.717, 1.165) is 10.7 Å². The van der Waals surface area contributed by atoms with Crippen molar-refractivity contribution in [3.05, 3.63) is 53.3 Å². The van der Waals surface area contributed by atoms with Gasteiger partial charge in [0.15, 0.2) is 29.0 Å². The fourth-order valence-electron chi connectivity index (χ4n) is 3.40. The molecular weight excluding hydrogens is 461 g/mol. The second-order valence-corrected chi connectivity index (χ2v) is 9.22. The minimum atomic E-state index is -4.40. The summed E-state index contributed by atoms with van der Waals surface area (Å²) in [6.45, 7) is 4.51. The van der Waals surface area contributed by atoms with Gasteiger partial charge < -0.3 is 14.4 Å². The maximum atomic E-state index is 14.0. The van der Waals surface area contributed by atoms with E-state index in [4.69, 9.17) is 9.47 Å². The highest BCUT2D eigenvalue weighted by molar-refractivity contribution is 7.89. The summed E-state index contributed by atoms with van der Waals surface area (Å²) in [4.78, 5) is 13.5. The maximum absolute atomic E-state index is 14.0. The van der Waals surface area contributed by atoms with Crippen LogP contribution in [-0.2, 0) is 10.0 Å². The normalized spacial score (nSPS) is 14.9. The zero-order valence-corrected chi connectivity index (χ0v) is 19.1. The summed E-state index contributed by atoms with van der Waals surface area (Å²) in [5.74, 6) is -4.44. The highest BCUT2D eigenvalue weighted by Crippen LogP contribution is 2.30. The molecule has 11 heteroatoms. The molecule has 0 saturated carbocycles. The standard InChI is InChI=1S/C22H25F3N2O5S/c1-3-13-32-17-7-5-15(14-18(17)31-4-2)22(28)26-9-11-27(12-10-26)33(29,30)19-8-6-16(23)20(24)21(19)25/h5-8,14H,3-4,9-13H2,1-2H3. The van der Waals surface area contributed by atoms with Crippen molar-refractivity contribution in [2.45, 2.75) is 25.2 Å². The molecule has 0 bridgehead atoms. The van der Waals surface area contributed by atoms with Gasteiger partial charge in [0.1, 0.15) is 4.90 Å². The van der Waals surface area contributed by atoms with Crippen molar-refractivity contribution < 1.29 is 35.9 Å². The number of carbonyl (C=O) groups excluding carboxylic acids is 1. The average molecular weight is 487 g/mol. The highest BCUT2D eigenvalue weighted by Gasteiger charge is 2.33. The van der Waals surface area contributed by atoms with Crippen LogP contribution in [0.15, 0.2) is 35.2 Å². The molecular formula is C22H25F3N2O5S. The van der Waals surface area contributed by atoms with Crippen LogP contribution in [0.1, 0.15) is 30.6 Å². The number of carbonyl (C=O) groups is 1. The molecule has 1 fully saturated rings. The van der Waals surface area contributed by atoms with E-state index in [1.54, 1.807) is 18.2 Å². The van der Waals surface area contributed by atoms with E-state index in [2.05, 4.69) is 0 Å². The predicted octanol–water partition coefficient (Wildman–Crippen LogP) is 3.44. The number of benzene rings is 2. The lowest BCUT2D eigenvalue weighted by Crippen LogP contribution is -2.50. The third kappa shape index (κ3) is 5.25. The second-order valence-electron chi connectivity index (χ2n) is 7.31. The van der Waals surface area contributed by atoms with Gasteiger partial charge in [-0.05, 0) is 43.7 Å². The molecule has 33 heavy (non-hydrogen) atoms. The Bertz CT molecular complexity index is 1120. The molecule has 0 N–H and O–H groups in total. The Morgan fingerprint density at radius 1 is 0.939 bits per heavy atom. The summed E-state index contributed by atoms with van der Waals surface area (Å²) < 4.78 is 78.3. The Labute approximate surface area is 190 Å². The minimum Gasteiger partial charge on any atom is -0.490 e. The molecule has 3 rings (SSSR count). The van der Waals surface area contributed by atoms with Crippen molar-refractivity contribution in [2.24, 2.45) is 0 Å². The quantitative estimate of drug-likeness (QED) is 0.535. The van der Waals surface area contributed by atoms with Gasteiger partial charge in [-0.1, -0.05) is 6.92 Å². The van der Waals surface area contributed by atoms with Crippen LogP contribution in [-0.4, -0.2) is 62.9 Å². The zero-order chi connectivity index (χ0) is 24.2. The molecule has 1 heterocycles. The number of halogens is 3. The van der Waals surface area contributed by atoms with Crippen LogP contribution >= 0.6 is 0 Å². The molecule has 2 aromatic rings. The molecule has 180 valence electrons. The third-order valence-corrected chi connectivity index (χ3v) is 7.01. The van der Waals surface area contributed by atoms with Gasteiger partial charge in [0, 0.05) is 31.7 Å². The first-order chi connectivity index (χ1) is 15.7. The van der Waals surface area contributed by atoms with Crippen LogP contribution in [0.25, 0.3) is 0 Å². The van der Waals surface area contributed by atoms with Crippen LogP contribution in [0, 0.1) is 17.5 Å². The summed E-state index contributed by atoms with van der Waals surface area (Å²) in [7, 11) is -4.40. The Balaban J connectivity index is 1.72. The fraction of sp³-hybridized carbons (Fsp3) is 0.409. The molecule has 2 aromatic carbocycles. The molecule has 0 aromatic heterocycles. The predicted molar refractivity (Wildman–Crippen MR) is 114 cm³/mol. The highest BCUT2D eigenvalue weighted by atomic mass is 32.2. The Morgan fingerprint density at radius 3 is 2.27 bits per heavy atom.